The summed E-state index contributed by atoms with van der Waals surface area (Å²) in [6.07, 6.45) is 3.08. The van der Waals surface area contributed by atoms with Gasteiger partial charge < -0.3 is 32.9 Å². The van der Waals surface area contributed by atoms with E-state index in [2.05, 4.69) is 60.7 Å². The number of hydrogen-bond donors (Lipinski definition) is 0. The molecule has 4 aliphatic carbocycles. The van der Waals surface area contributed by atoms with Crippen molar-refractivity contribution in [3.63, 3.8) is 0 Å². The molecule has 11 rings (SSSR count). The molecule has 3 aromatic rings. The van der Waals surface area contributed by atoms with Crippen molar-refractivity contribution in [3.05, 3.63) is 119 Å². The molecular weight excluding hydrogens is 797 g/mol. The minimum atomic E-state index is -2.51. The van der Waals surface area contributed by atoms with E-state index in [0.29, 0.717) is 18.9 Å². The van der Waals surface area contributed by atoms with Crippen LogP contribution in [0.2, 0.25) is 18.1 Å². The van der Waals surface area contributed by atoms with Gasteiger partial charge in [0.2, 0.25) is 0 Å². The smallest absolute Gasteiger partial charge is 0.318 e. The van der Waals surface area contributed by atoms with E-state index in [1.54, 1.807) is 0 Å². The minimum Gasteiger partial charge on any atom is -0.452 e. The van der Waals surface area contributed by atoms with Crippen LogP contribution < -0.4 is 0 Å². The number of ether oxygens (including phenoxy) is 6. The second-order valence-corrected chi connectivity index (χ2v) is 26.2. The Bertz CT molecular complexity index is 2150. The Labute approximate surface area is 368 Å². The molecule has 13 unspecified atom stereocenters. The van der Waals surface area contributed by atoms with E-state index in [9.17, 15) is 4.79 Å². The van der Waals surface area contributed by atoms with Gasteiger partial charge in [-0.1, -0.05) is 151 Å². The van der Waals surface area contributed by atoms with Gasteiger partial charge in [0.05, 0.1) is 18.6 Å². The van der Waals surface area contributed by atoms with Crippen LogP contribution in [0.3, 0.4) is 0 Å². The Hall–Kier alpha value is -3.48. The fourth-order valence-electron chi connectivity index (χ4n) is 13.2. The summed E-state index contributed by atoms with van der Waals surface area (Å²) in [5.74, 6) is -1.41. The maximum absolute atomic E-state index is 16.2. The Morgan fingerprint density at radius 1 is 0.887 bits per heavy atom. The topological polar surface area (TPSA) is 98.8 Å². The SMILES string of the molecule is CC(C)C1=CC2CC3(C=O)C4CCC(C)C4CC2(COC24OC5OC(C(OCc6ccccc6)C5O2)C4O[Si](C)(C)C(C)(C)C)C13C(=O)OC(c1ccccc1)c1ccccc1. The van der Waals surface area contributed by atoms with Crippen LogP contribution in [0, 0.1) is 45.8 Å². The van der Waals surface area contributed by atoms with E-state index in [1.807, 2.05) is 91.0 Å². The van der Waals surface area contributed by atoms with Gasteiger partial charge in [-0.3, -0.25) is 9.53 Å². The van der Waals surface area contributed by atoms with Gasteiger partial charge in [-0.15, -0.1) is 0 Å². The number of carbonyl (C=O) groups is 2. The zero-order chi connectivity index (χ0) is 43.5. The van der Waals surface area contributed by atoms with Crippen molar-refractivity contribution in [3.8, 4) is 0 Å². The molecule has 0 amide bonds. The van der Waals surface area contributed by atoms with Crippen molar-refractivity contribution < 1.29 is 42.4 Å². The Morgan fingerprint density at radius 3 is 2.15 bits per heavy atom. The first-order chi connectivity index (χ1) is 29.6. The molecule has 9 nitrogen and oxygen atoms in total. The number of esters is 1. The lowest BCUT2D eigenvalue weighted by Crippen LogP contribution is -2.68. The van der Waals surface area contributed by atoms with Gasteiger partial charge >= 0.3 is 11.9 Å². The molecule has 4 saturated heterocycles. The number of benzene rings is 3. The molecule has 4 heterocycles. The molecule has 13 atom stereocenters. The predicted octanol–water partition coefficient (Wildman–Crippen LogP) is 9.96. The van der Waals surface area contributed by atoms with Crippen molar-refractivity contribution in [1.82, 2.24) is 0 Å². The molecular formula is C52H64O9Si. The summed E-state index contributed by atoms with van der Waals surface area (Å²) < 4.78 is 48.8. The van der Waals surface area contributed by atoms with Gasteiger partial charge in [0.25, 0.3) is 0 Å². The highest BCUT2D eigenvalue weighted by Crippen LogP contribution is 2.83. The molecule has 0 N–H and O–H groups in total. The number of carbonyl (C=O) groups excluding carboxylic acids is 2. The van der Waals surface area contributed by atoms with E-state index in [1.165, 1.54) is 6.29 Å². The van der Waals surface area contributed by atoms with E-state index in [-0.39, 0.29) is 41.3 Å². The first-order valence-corrected chi connectivity index (χ1v) is 26.0. The average molecular weight is 861 g/mol. The van der Waals surface area contributed by atoms with Crippen LogP contribution in [-0.2, 0) is 49.0 Å². The van der Waals surface area contributed by atoms with Crippen LogP contribution in [0.15, 0.2) is 103 Å². The lowest BCUT2D eigenvalue weighted by Gasteiger charge is -2.59. The Kier molecular flexibility index (Phi) is 10.3. The maximum Gasteiger partial charge on any atom is 0.318 e. The summed E-state index contributed by atoms with van der Waals surface area (Å²) in [5.41, 5.74) is 0.723. The molecule has 8 bridgehead atoms. The molecule has 0 aromatic heterocycles. The summed E-state index contributed by atoms with van der Waals surface area (Å²) in [6.45, 7) is 18.2. The fourth-order valence-corrected chi connectivity index (χ4v) is 14.5. The first kappa shape index (κ1) is 42.5. The molecule has 330 valence electrons. The van der Waals surface area contributed by atoms with E-state index >= 15 is 4.79 Å². The normalized spacial score (nSPS) is 38.8. The maximum atomic E-state index is 16.2. The third kappa shape index (κ3) is 5.99. The van der Waals surface area contributed by atoms with Crippen LogP contribution in [0.5, 0.6) is 0 Å². The van der Waals surface area contributed by atoms with Crippen LogP contribution >= 0.6 is 0 Å². The number of aldehydes is 1. The lowest BCUT2D eigenvalue weighted by molar-refractivity contribution is -0.446. The highest BCUT2D eigenvalue weighted by atomic mass is 28.4. The molecule has 3 aromatic carbocycles. The molecule has 10 heteroatoms. The Morgan fingerprint density at radius 2 is 1.53 bits per heavy atom. The van der Waals surface area contributed by atoms with Crippen molar-refractivity contribution >= 4 is 20.6 Å². The summed E-state index contributed by atoms with van der Waals surface area (Å²) in [4.78, 5) is 30.7. The Balaban J connectivity index is 1.07. The number of rotatable bonds is 14. The molecule has 62 heavy (non-hydrogen) atoms. The minimum absolute atomic E-state index is 0.0248. The summed E-state index contributed by atoms with van der Waals surface area (Å²) in [7, 11) is -2.51. The van der Waals surface area contributed by atoms with Crippen LogP contribution in [0.1, 0.15) is 90.0 Å². The van der Waals surface area contributed by atoms with Gasteiger partial charge in [0.15, 0.2) is 26.8 Å². The van der Waals surface area contributed by atoms with E-state index in [4.69, 9.17) is 32.8 Å². The second-order valence-electron chi connectivity index (χ2n) is 21.4. The molecule has 3 saturated carbocycles. The largest absolute Gasteiger partial charge is 0.452 e. The third-order valence-electron chi connectivity index (χ3n) is 17.0. The van der Waals surface area contributed by atoms with Crippen molar-refractivity contribution in [2.45, 2.75) is 135 Å². The van der Waals surface area contributed by atoms with Crippen LogP contribution in [-0.4, -0.2) is 63.9 Å². The first-order valence-electron chi connectivity index (χ1n) is 23.1. The zero-order valence-electron chi connectivity index (χ0n) is 37.6. The summed E-state index contributed by atoms with van der Waals surface area (Å²) in [5, 5.41) is -0.144. The van der Waals surface area contributed by atoms with Crippen molar-refractivity contribution in [1.29, 1.82) is 0 Å². The highest BCUT2D eigenvalue weighted by Gasteiger charge is 2.85. The molecule has 8 aliphatic rings. The third-order valence-corrected chi connectivity index (χ3v) is 21.5. The van der Waals surface area contributed by atoms with Gasteiger partial charge in [-0.2, -0.15) is 0 Å². The van der Waals surface area contributed by atoms with Crippen molar-refractivity contribution in [2.75, 3.05) is 6.61 Å². The summed E-state index contributed by atoms with van der Waals surface area (Å²) in [6, 6.07) is 30.0. The van der Waals surface area contributed by atoms with Crippen molar-refractivity contribution in [2.24, 2.45) is 45.8 Å². The molecule has 4 aliphatic heterocycles. The number of allylic oxidation sites excluding steroid dienone is 1. The number of fused-ring (bicyclic) bond motifs is 2. The predicted molar refractivity (Wildman–Crippen MR) is 236 cm³/mol. The molecule has 0 radical (unpaired) electrons. The van der Waals surface area contributed by atoms with Gasteiger partial charge in [0, 0.05) is 5.41 Å². The molecule has 7 fully saturated rings. The molecule has 0 spiro atoms. The second kappa shape index (κ2) is 15.0. The highest BCUT2D eigenvalue weighted by molar-refractivity contribution is 6.74. The van der Waals surface area contributed by atoms with E-state index in [0.717, 1.165) is 41.5 Å². The van der Waals surface area contributed by atoms with Gasteiger partial charge in [-0.05, 0) is 83.7 Å². The summed E-state index contributed by atoms with van der Waals surface area (Å²) >= 11 is 0. The monoisotopic (exact) mass is 860 g/mol. The standard InChI is InChI=1S/C52H64O9Si/c1-32(2)40-26-37-27-49(30-53)39-25-24-33(3)38(39)28-50(37,51(40,49)47(54)58-41(35-20-14-10-15-21-35)36-22-16-11-17-23-36)31-56-52-45(61-62(7,8)48(4,5)6)43-42(44(59-52)46(57-43)60-52)55-29-34-18-12-9-13-19-34/h9-23,26,30,32-33,37-39,41-46H,24-25,27-29,31H2,1-8H3. The average Bonchev–Trinajstić information content (AvgIpc) is 3.99. The van der Waals surface area contributed by atoms with Gasteiger partial charge in [0.1, 0.15) is 30.0 Å². The van der Waals surface area contributed by atoms with E-state index < -0.39 is 67.3 Å². The lowest BCUT2D eigenvalue weighted by atomic mass is 9.43. The van der Waals surface area contributed by atoms with Crippen LogP contribution in [0.4, 0.5) is 0 Å². The quantitative estimate of drug-likeness (QED) is 0.0679. The number of hydrogen-bond acceptors (Lipinski definition) is 9. The van der Waals surface area contributed by atoms with Crippen LogP contribution in [0.25, 0.3) is 0 Å². The fraction of sp³-hybridized carbons (Fsp3) is 0.577. The van der Waals surface area contributed by atoms with Gasteiger partial charge in [-0.25, -0.2) is 0 Å². The zero-order valence-corrected chi connectivity index (χ0v) is 38.6.